The smallest absolute Gasteiger partial charge is 0.303 e. The molecule has 2 rings (SSSR count). The quantitative estimate of drug-likeness (QED) is 0.793. The number of carboxylic acids is 1. The molecule has 0 aromatic heterocycles. The number of carbonyl (C=O) groups is 2. The van der Waals surface area contributed by atoms with Gasteiger partial charge in [-0.3, -0.25) is 9.59 Å². The van der Waals surface area contributed by atoms with Crippen LogP contribution in [0.15, 0.2) is 18.2 Å². The average Bonchev–Trinajstić information content (AvgIpc) is 3.17. The number of nitrogens with one attached hydrogen (secondary N) is 1. The molecule has 0 aliphatic heterocycles. The van der Waals surface area contributed by atoms with Crippen LogP contribution in [-0.4, -0.2) is 23.5 Å². The third-order valence-corrected chi connectivity index (χ3v) is 4.21. The molecule has 1 aliphatic rings. The molecular formula is C14H15Cl2NO3. The maximum atomic E-state index is 11.9. The predicted molar refractivity (Wildman–Crippen MR) is 77.2 cm³/mol. The van der Waals surface area contributed by atoms with Crippen LogP contribution in [0, 0.1) is 5.92 Å². The molecule has 2 atom stereocenters. The third-order valence-electron chi connectivity index (χ3n) is 3.37. The van der Waals surface area contributed by atoms with Gasteiger partial charge in [0.05, 0.1) is 10.0 Å². The van der Waals surface area contributed by atoms with Crippen molar-refractivity contribution in [2.45, 2.75) is 25.2 Å². The molecule has 0 bridgehead atoms. The number of carboxylic acid groups (broad SMARTS) is 1. The van der Waals surface area contributed by atoms with E-state index >= 15 is 0 Å². The van der Waals surface area contributed by atoms with Crippen molar-refractivity contribution in [3.05, 3.63) is 33.8 Å². The van der Waals surface area contributed by atoms with E-state index in [1.54, 1.807) is 6.07 Å². The van der Waals surface area contributed by atoms with Crippen LogP contribution in [0.3, 0.4) is 0 Å². The van der Waals surface area contributed by atoms with Gasteiger partial charge in [-0.2, -0.15) is 0 Å². The first-order valence-electron chi connectivity index (χ1n) is 6.44. The molecule has 108 valence electrons. The molecule has 0 spiro atoms. The molecule has 1 aliphatic carbocycles. The summed E-state index contributed by atoms with van der Waals surface area (Å²) in [6.45, 7) is 0.387. The van der Waals surface area contributed by atoms with E-state index in [1.165, 1.54) is 0 Å². The summed E-state index contributed by atoms with van der Waals surface area (Å²) in [4.78, 5) is 22.3. The normalized spacial score (nSPS) is 20.5. The SMILES string of the molecule is O=C(O)CCCNC(=O)C1CC1c1cccc(Cl)c1Cl. The second-order valence-electron chi connectivity index (χ2n) is 4.88. The summed E-state index contributed by atoms with van der Waals surface area (Å²) >= 11 is 12.1. The minimum Gasteiger partial charge on any atom is -0.481 e. The Hall–Kier alpha value is -1.26. The fourth-order valence-corrected chi connectivity index (χ4v) is 2.67. The minimum atomic E-state index is -0.853. The second-order valence-corrected chi connectivity index (χ2v) is 5.67. The number of halogens is 2. The molecule has 2 N–H and O–H groups in total. The van der Waals surface area contributed by atoms with Crippen LogP contribution in [0.4, 0.5) is 0 Å². The summed E-state index contributed by atoms with van der Waals surface area (Å²) in [6.07, 6.45) is 1.26. The van der Waals surface area contributed by atoms with Crippen LogP contribution >= 0.6 is 23.2 Å². The molecule has 6 heteroatoms. The summed E-state index contributed by atoms with van der Waals surface area (Å²) < 4.78 is 0. The molecule has 4 nitrogen and oxygen atoms in total. The molecule has 0 saturated heterocycles. The van der Waals surface area contributed by atoms with E-state index in [9.17, 15) is 9.59 Å². The minimum absolute atomic E-state index is 0.0450. The molecule has 0 radical (unpaired) electrons. The first-order chi connectivity index (χ1) is 9.50. The molecule has 0 heterocycles. The second kappa shape index (κ2) is 6.46. The Balaban J connectivity index is 1.83. The molecule has 1 saturated carbocycles. The lowest BCUT2D eigenvalue weighted by Crippen LogP contribution is -2.26. The van der Waals surface area contributed by atoms with Crippen LogP contribution in [0.1, 0.15) is 30.7 Å². The lowest BCUT2D eigenvalue weighted by atomic mass is 10.1. The zero-order valence-corrected chi connectivity index (χ0v) is 12.2. The monoisotopic (exact) mass is 315 g/mol. The number of benzene rings is 1. The van der Waals surface area contributed by atoms with Crippen LogP contribution in [0.25, 0.3) is 0 Å². The van der Waals surface area contributed by atoms with Crippen molar-refractivity contribution < 1.29 is 14.7 Å². The highest BCUT2D eigenvalue weighted by atomic mass is 35.5. The molecule has 1 amide bonds. The standard InChI is InChI=1S/C14H15Cl2NO3/c15-11-4-1-3-8(13(11)16)9-7-10(9)14(20)17-6-2-5-12(18)19/h1,3-4,9-10H,2,5-7H2,(H,17,20)(H,18,19). The first kappa shape index (κ1) is 15.1. The van der Waals surface area contributed by atoms with E-state index < -0.39 is 5.97 Å². The molecule has 1 aromatic rings. The lowest BCUT2D eigenvalue weighted by molar-refractivity contribution is -0.137. The zero-order chi connectivity index (χ0) is 14.7. The van der Waals surface area contributed by atoms with Gasteiger partial charge in [0.2, 0.25) is 5.91 Å². The predicted octanol–water partition coefficient (Wildman–Crippen LogP) is 3.08. The number of aliphatic carboxylic acids is 1. The largest absolute Gasteiger partial charge is 0.481 e. The van der Waals surface area contributed by atoms with Gasteiger partial charge in [0, 0.05) is 18.9 Å². The summed E-state index contributed by atoms with van der Waals surface area (Å²) in [7, 11) is 0. The average molecular weight is 316 g/mol. The number of hydrogen-bond acceptors (Lipinski definition) is 2. The van der Waals surface area contributed by atoms with E-state index in [1.807, 2.05) is 12.1 Å². The van der Waals surface area contributed by atoms with E-state index in [0.29, 0.717) is 23.0 Å². The van der Waals surface area contributed by atoms with Crippen molar-refractivity contribution in [3.8, 4) is 0 Å². The van der Waals surface area contributed by atoms with Gasteiger partial charge in [0.1, 0.15) is 0 Å². The third kappa shape index (κ3) is 3.64. The summed E-state index contributed by atoms with van der Waals surface area (Å²) in [5.74, 6) is -0.873. The Morgan fingerprint density at radius 2 is 2.10 bits per heavy atom. The van der Waals surface area contributed by atoms with Crippen molar-refractivity contribution in [3.63, 3.8) is 0 Å². The summed E-state index contributed by atoms with van der Waals surface area (Å²) in [5, 5.41) is 12.3. The summed E-state index contributed by atoms with van der Waals surface area (Å²) in [5.41, 5.74) is 0.907. The highest BCUT2D eigenvalue weighted by Gasteiger charge is 2.44. The number of amides is 1. The Bertz CT molecular complexity index is 533. The Kier molecular flexibility index (Phi) is 4.89. The van der Waals surface area contributed by atoms with Gasteiger partial charge in [-0.1, -0.05) is 35.3 Å². The summed E-state index contributed by atoms with van der Waals surface area (Å²) in [6, 6.07) is 5.43. The highest BCUT2D eigenvalue weighted by Crippen LogP contribution is 2.50. The molecule has 1 aromatic carbocycles. The van der Waals surface area contributed by atoms with Gasteiger partial charge in [-0.25, -0.2) is 0 Å². The topological polar surface area (TPSA) is 66.4 Å². The Morgan fingerprint density at radius 1 is 1.35 bits per heavy atom. The Labute approximate surface area is 127 Å². The first-order valence-corrected chi connectivity index (χ1v) is 7.19. The zero-order valence-electron chi connectivity index (χ0n) is 10.7. The lowest BCUT2D eigenvalue weighted by Gasteiger charge is -2.06. The van der Waals surface area contributed by atoms with Gasteiger partial charge in [-0.15, -0.1) is 0 Å². The van der Waals surface area contributed by atoms with Crippen LogP contribution in [0.5, 0.6) is 0 Å². The molecule has 2 unspecified atom stereocenters. The van der Waals surface area contributed by atoms with Gasteiger partial charge in [-0.05, 0) is 30.4 Å². The van der Waals surface area contributed by atoms with E-state index in [-0.39, 0.29) is 24.2 Å². The van der Waals surface area contributed by atoms with Crippen molar-refractivity contribution in [2.75, 3.05) is 6.54 Å². The number of carbonyl (C=O) groups excluding carboxylic acids is 1. The van der Waals surface area contributed by atoms with Crippen LogP contribution < -0.4 is 5.32 Å². The maximum absolute atomic E-state index is 11.9. The van der Waals surface area contributed by atoms with Gasteiger partial charge in [0.25, 0.3) is 0 Å². The highest BCUT2D eigenvalue weighted by molar-refractivity contribution is 6.42. The van der Waals surface area contributed by atoms with Gasteiger partial charge < -0.3 is 10.4 Å². The van der Waals surface area contributed by atoms with Crippen molar-refractivity contribution in [2.24, 2.45) is 5.92 Å². The van der Waals surface area contributed by atoms with E-state index in [2.05, 4.69) is 5.32 Å². The number of hydrogen-bond donors (Lipinski definition) is 2. The fraction of sp³-hybridized carbons (Fsp3) is 0.429. The fourth-order valence-electron chi connectivity index (χ4n) is 2.22. The number of rotatable bonds is 6. The van der Waals surface area contributed by atoms with Gasteiger partial charge in [0.15, 0.2) is 0 Å². The molecule has 1 fully saturated rings. The van der Waals surface area contributed by atoms with Gasteiger partial charge >= 0.3 is 5.97 Å². The van der Waals surface area contributed by atoms with E-state index in [0.717, 1.165) is 12.0 Å². The van der Waals surface area contributed by atoms with Crippen LogP contribution in [-0.2, 0) is 9.59 Å². The van der Waals surface area contributed by atoms with E-state index in [4.69, 9.17) is 28.3 Å². The molecular weight excluding hydrogens is 301 g/mol. The van der Waals surface area contributed by atoms with Crippen molar-refractivity contribution in [1.82, 2.24) is 5.32 Å². The van der Waals surface area contributed by atoms with Crippen molar-refractivity contribution >= 4 is 35.1 Å². The Morgan fingerprint density at radius 3 is 2.80 bits per heavy atom. The van der Waals surface area contributed by atoms with Crippen LogP contribution in [0.2, 0.25) is 10.0 Å². The maximum Gasteiger partial charge on any atom is 0.303 e. The molecule has 20 heavy (non-hydrogen) atoms. The van der Waals surface area contributed by atoms with Crippen molar-refractivity contribution in [1.29, 1.82) is 0 Å².